The van der Waals surface area contributed by atoms with Gasteiger partial charge in [-0.15, -0.1) is 0 Å². The van der Waals surface area contributed by atoms with E-state index in [9.17, 15) is 14.7 Å². The second-order valence-electron chi connectivity index (χ2n) is 6.50. The molecule has 128 valence electrons. The third-order valence-corrected chi connectivity index (χ3v) is 4.83. The van der Waals surface area contributed by atoms with E-state index in [0.29, 0.717) is 6.54 Å². The fraction of sp³-hybridized carbons (Fsp3) is 0.444. The van der Waals surface area contributed by atoms with Gasteiger partial charge in [-0.1, -0.05) is 49.6 Å². The molecule has 6 nitrogen and oxygen atoms in total. The van der Waals surface area contributed by atoms with Crippen LogP contribution in [0, 0.1) is 5.92 Å². The van der Waals surface area contributed by atoms with Crippen LogP contribution in [0.2, 0.25) is 0 Å². The van der Waals surface area contributed by atoms with Gasteiger partial charge in [0.15, 0.2) is 0 Å². The second kappa shape index (κ2) is 6.95. The molecule has 0 aliphatic heterocycles. The lowest BCUT2D eigenvalue weighted by Crippen LogP contribution is -2.39. The van der Waals surface area contributed by atoms with Crippen LogP contribution in [0.5, 0.6) is 5.88 Å². The smallest absolute Gasteiger partial charge is 0.332 e. The number of nitrogens with zero attached hydrogens (tertiary/aromatic N) is 2. The van der Waals surface area contributed by atoms with Crippen LogP contribution < -0.4 is 11.4 Å². The summed E-state index contributed by atoms with van der Waals surface area (Å²) in [6.07, 6.45) is 6.27. The van der Waals surface area contributed by atoms with Crippen molar-refractivity contribution in [1.29, 1.82) is 0 Å². The van der Waals surface area contributed by atoms with Gasteiger partial charge >= 0.3 is 5.69 Å². The zero-order valence-corrected chi connectivity index (χ0v) is 13.6. The normalized spacial score (nSPS) is 16.8. The summed E-state index contributed by atoms with van der Waals surface area (Å²) in [7, 11) is 0. The largest absolute Gasteiger partial charge is 0.493 e. The van der Waals surface area contributed by atoms with Gasteiger partial charge in [0.25, 0.3) is 0 Å². The van der Waals surface area contributed by atoms with Crippen molar-refractivity contribution in [2.75, 3.05) is 0 Å². The average Bonchev–Trinajstić information content (AvgIpc) is 2.85. The predicted molar refractivity (Wildman–Crippen MR) is 90.7 cm³/mol. The maximum atomic E-state index is 12.7. The summed E-state index contributed by atoms with van der Waals surface area (Å²) in [4.78, 5) is 24.8. The highest BCUT2D eigenvalue weighted by molar-refractivity contribution is 5.79. The van der Waals surface area contributed by atoms with Crippen molar-refractivity contribution in [2.45, 2.75) is 44.7 Å². The van der Waals surface area contributed by atoms with Crippen molar-refractivity contribution < 1.29 is 9.90 Å². The molecule has 1 fully saturated rings. The maximum Gasteiger partial charge on any atom is 0.332 e. The van der Waals surface area contributed by atoms with Crippen molar-refractivity contribution in [2.24, 2.45) is 11.7 Å². The topological polar surface area (TPSA) is 90.2 Å². The third-order valence-electron chi connectivity index (χ3n) is 4.83. The molecule has 2 aromatic rings. The Morgan fingerprint density at radius 2 is 1.88 bits per heavy atom. The molecule has 3 N–H and O–H groups in total. The Bertz CT molecular complexity index is 758. The van der Waals surface area contributed by atoms with Crippen molar-refractivity contribution in [3.63, 3.8) is 0 Å². The fourth-order valence-electron chi connectivity index (χ4n) is 3.67. The van der Waals surface area contributed by atoms with E-state index in [1.165, 1.54) is 15.3 Å². The monoisotopic (exact) mass is 329 g/mol. The minimum Gasteiger partial charge on any atom is -0.493 e. The Hall–Kier alpha value is -2.50. The highest BCUT2D eigenvalue weighted by Crippen LogP contribution is 2.34. The van der Waals surface area contributed by atoms with Crippen LogP contribution in [-0.4, -0.2) is 20.1 Å². The zero-order valence-electron chi connectivity index (χ0n) is 13.6. The highest BCUT2D eigenvalue weighted by atomic mass is 16.3. The van der Waals surface area contributed by atoms with Crippen LogP contribution in [0.15, 0.2) is 41.3 Å². The first kappa shape index (κ1) is 16.4. The van der Waals surface area contributed by atoms with Crippen LogP contribution >= 0.6 is 0 Å². The van der Waals surface area contributed by atoms with E-state index in [4.69, 9.17) is 5.73 Å². The minimum absolute atomic E-state index is 0.00688. The molecule has 0 bridgehead atoms. The summed E-state index contributed by atoms with van der Waals surface area (Å²) in [6, 6.07) is 8.73. The summed E-state index contributed by atoms with van der Waals surface area (Å²) in [5.41, 5.74) is 6.13. The summed E-state index contributed by atoms with van der Waals surface area (Å²) < 4.78 is 2.59. The zero-order chi connectivity index (χ0) is 17.1. The number of hydrogen-bond donors (Lipinski definition) is 2. The molecular weight excluding hydrogens is 306 g/mol. The van der Waals surface area contributed by atoms with E-state index >= 15 is 0 Å². The van der Waals surface area contributed by atoms with Gasteiger partial charge in [-0.3, -0.25) is 13.9 Å². The van der Waals surface area contributed by atoms with Gasteiger partial charge in [0.2, 0.25) is 11.8 Å². The maximum absolute atomic E-state index is 12.7. The van der Waals surface area contributed by atoms with Gasteiger partial charge in [0.1, 0.15) is 6.04 Å². The molecule has 1 saturated carbocycles. The second-order valence-corrected chi connectivity index (χ2v) is 6.50. The number of amides is 1. The van der Waals surface area contributed by atoms with E-state index < -0.39 is 17.6 Å². The summed E-state index contributed by atoms with van der Waals surface area (Å²) in [6.45, 7) is 0.344. The fourth-order valence-corrected chi connectivity index (χ4v) is 3.67. The summed E-state index contributed by atoms with van der Waals surface area (Å²) in [5.74, 6) is -0.755. The molecule has 6 heteroatoms. The number of hydrogen-bond acceptors (Lipinski definition) is 3. The van der Waals surface area contributed by atoms with Gasteiger partial charge in [-0.05, 0) is 24.3 Å². The van der Waals surface area contributed by atoms with Crippen LogP contribution in [0.3, 0.4) is 0 Å². The summed E-state index contributed by atoms with van der Waals surface area (Å²) >= 11 is 0. The van der Waals surface area contributed by atoms with E-state index in [2.05, 4.69) is 0 Å². The SMILES string of the molecule is NC(=O)C(C1CCCCC1)n1c(O)cn(Cc2ccccc2)c1=O. The van der Waals surface area contributed by atoms with Crippen molar-refractivity contribution in [3.8, 4) is 5.88 Å². The number of imidazole rings is 1. The Morgan fingerprint density at radius 3 is 2.50 bits per heavy atom. The number of benzene rings is 1. The van der Waals surface area contributed by atoms with Gasteiger partial charge < -0.3 is 10.8 Å². The number of carbonyl (C=O) groups is 1. The molecule has 1 aliphatic carbocycles. The number of rotatable bonds is 5. The number of carbonyl (C=O) groups excluding carboxylic acids is 1. The van der Waals surface area contributed by atoms with Crippen LogP contribution in [0.25, 0.3) is 0 Å². The molecule has 1 heterocycles. The Morgan fingerprint density at radius 1 is 1.21 bits per heavy atom. The van der Waals surface area contributed by atoms with Crippen LogP contribution in [0.4, 0.5) is 0 Å². The number of aromatic hydroxyl groups is 1. The molecule has 1 unspecified atom stereocenters. The number of aromatic nitrogens is 2. The van der Waals surface area contributed by atoms with Gasteiger partial charge in [-0.25, -0.2) is 4.79 Å². The van der Waals surface area contributed by atoms with Crippen molar-refractivity contribution >= 4 is 5.91 Å². The quantitative estimate of drug-likeness (QED) is 0.879. The lowest BCUT2D eigenvalue weighted by atomic mass is 9.83. The van der Waals surface area contributed by atoms with E-state index in [0.717, 1.165) is 37.7 Å². The minimum atomic E-state index is -0.783. The number of nitrogens with two attached hydrogens (primary N) is 1. The lowest BCUT2D eigenvalue weighted by Gasteiger charge is -2.28. The van der Waals surface area contributed by atoms with Crippen molar-refractivity contribution in [3.05, 3.63) is 52.6 Å². The molecule has 1 aromatic carbocycles. The van der Waals surface area contributed by atoms with E-state index in [1.54, 1.807) is 0 Å². The van der Waals surface area contributed by atoms with Crippen LogP contribution in [0.1, 0.15) is 43.7 Å². The van der Waals surface area contributed by atoms with Gasteiger partial charge in [0.05, 0.1) is 12.7 Å². The molecule has 1 aromatic heterocycles. The molecule has 3 rings (SSSR count). The molecule has 1 atom stereocenters. The molecular formula is C18H23N3O3. The van der Waals surface area contributed by atoms with Gasteiger partial charge in [-0.2, -0.15) is 0 Å². The van der Waals surface area contributed by atoms with Crippen molar-refractivity contribution in [1.82, 2.24) is 9.13 Å². The predicted octanol–water partition coefficient (Wildman–Crippen LogP) is 2.01. The Labute approximate surface area is 140 Å². The van der Waals surface area contributed by atoms with E-state index in [1.807, 2.05) is 30.3 Å². The standard InChI is InChI=1S/C18H23N3O3/c19-17(23)16(14-9-5-2-6-10-14)21-15(22)12-20(18(21)24)11-13-7-3-1-4-8-13/h1,3-4,7-8,12,14,16,22H,2,5-6,9-11H2,(H2,19,23). The molecule has 1 aliphatic rings. The van der Waals surface area contributed by atoms with E-state index in [-0.39, 0.29) is 11.8 Å². The molecule has 1 amide bonds. The first-order chi connectivity index (χ1) is 11.6. The molecule has 0 radical (unpaired) electrons. The molecule has 24 heavy (non-hydrogen) atoms. The average molecular weight is 329 g/mol. The first-order valence-electron chi connectivity index (χ1n) is 8.42. The lowest BCUT2D eigenvalue weighted by molar-refractivity contribution is -0.123. The summed E-state index contributed by atoms with van der Waals surface area (Å²) in [5, 5.41) is 10.3. The first-order valence-corrected chi connectivity index (χ1v) is 8.42. The van der Waals surface area contributed by atoms with Gasteiger partial charge in [0, 0.05) is 0 Å². The molecule has 0 saturated heterocycles. The van der Waals surface area contributed by atoms with Crippen LogP contribution in [-0.2, 0) is 11.3 Å². The highest BCUT2D eigenvalue weighted by Gasteiger charge is 2.33. The number of primary amides is 1. The molecule has 0 spiro atoms. The third kappa shape index (κ3) is 3.22. The Kier molecular flexibility index (Phi) is 4.74. The Balaban J connectivity index is 1.94.